The van der Waals surface area contributed by atoms with Crippen molar-refractivity contribution in [3.63, 3.8) is 0 Å². The van der Waals surface area contributed by atoms with Crippen molar-refractivity contribution in [1.82, 2.24) is 9.97 Å². The van der Waals surface area contributed by atoms with Crippen LogP contribution in [-0.2, 0) is 0 Å². The Labute approximate surface area is 106 Å². The summed E-state index contributed by atoms with van der Waals surface area (Å²) in [6.45, 7) is 0.112. The van der Waals surface area contributed by atoms with Gasteiger partial charge in [-0.05, 0) is 0 Å². The van der Waals surface area contributed by atoms with Crippen LogP contribution in [0.15, 0.2) is 6.20 Å². The molecule has 1 aliphatic heterocycles. The smallest absolute Gasteiger partial charge is 0.283 e. The fourth-order valence-corrected chi connectivity index (χ4v) is 1.85. The van der Waals surface area contributed by atoms with Crippen LogP contribution in [0, 0.1) is 11.3 Å². The maximum absolute atomic E-state index is 13.0. The monoisotopic (exact) mass is 274 g/mol. The Hall–Kier alpha value is -1.91. The molecule has 1 aromatic heterocycles. The molecular formula is C11H10F4N4. The molecule has 0 unspecified atom stereocenters. The fourth-order valence-electron chi connectivity index (χ4n) is 1.85. The van der Waals surface area contributed by atoms with Crippen LogP contribution in [0.2, 0.25) is 0 Å². The third kappa shape index (κ3) is 2.92. The number of hydrogen-bond donors (Lipinski definition) is 0. The third-order valence-electron chi connectivity index (χ3n) is 2.92. The number of alkyl halides is 4. The van der Waals surface area contributed by atoms with E-state index in [1.54, 1.807) is 6.07 Å². The first-order chi connectivity index (χ1) is 8.93. The number of halogens is 4. The van der Waals surface area contributed by atoms with Gasteiger partial charge in [0.1, 0.15) is 17.6 Å². The number of rotatable bonds is 2. The van der Waals surface area contributed by atoms with Crippen molar-refractivity contribution in [2.75, 3.05) is 18.0 Å². The Balaban J connectivity index is 2.21. The number of nitriles is 1. The van der Waals surface area contributed by atoms with Crippen LogP contribution in [0.1, 0.15) is 30.7 Å². The molecule has 0 amide bonds. The molecule has 2 rings (SSSR count). The molecule has 0 N–H and O–H groups in total. The predicted octanol–water partition coefficient (Wildman–Crippen LogP) is 2.52. The molecule has 2 heterocycles. The zero-order chi connectivity index (χ0) is 14.0. The van der Waals surface area contributed by atoms with E-state index >= 15 is 0 Å². The van der Waals surface area contributed by atoms with Gasteiger partial charge in [0.25, 0.3) is 12.3 Å². The molecule has 1 aliphatic rings. The molecule has 0 saturated carbocycles. The van der Waals surface area contributed by atoms with Crippen molar-refractivity contribution in [2.45, 2.75) is 25.2 Å². The van der Waals surface area contributed by atoms with Gasteiger partial charge in [0, 0.05) is 25.9 Å². The highest BCUT2D eigenvalue weighted by Gasteiger charge is 2.34. The molecule has 0 aliphatic carbocycles. The maximum atomic E-state index is 13.0. The first-order valence-electron chi connectivity index (χ1n) is 5.61. The van der Waals surface area contributed by atoms with E-state index in [-0.39, 0.29) is 31.7 Å². The van der Waals surface area contributed by atoms with Crippen LogP contribution in [0.4, 0.5) is 23.4 Å². The quantitative estimate of drug-likeness (QED) is 0.778. The highest BCUT2D eigenvalue weighted by molar-refractivity contribution is 5.41. The van der Waals surface area contributed by atoms with Crippen molar-refractivity contribution in [2.24, 2.45) is 0 Å². The minimum Gasteiger partial charge on any atom is -0.355 e. The highest BCUT2D eigenvalue weighted by Crippen LogP contribution is 2.30. The summed E-state index contributed by atoms with van der Waals surface area (Å²) in [5.74, 6) is -2.53. The van der Waals surface area contributed by atoms with Gasteiger partial charge in [-0.15, -0.1) is 0 Å². The third-order valence-corrected chi connectivity index (χ3v) is 2.92. The van der Waals surface area contributed by atoms with Gasteiger partial charge in [0.2, 0.25) is 0 Å². The first kappa shape index (κ1) is 13.5. The standard InChI is InChI=1S/C11H10F4N4/c12-10(13)9-7(5-16)18-8(6-17-9)19-3-1-11(14,15)2-4-19/h6,10H,1-4H2. The zero-order valence-electron chi connectivity index (χ0n) is 9.78. The summed E-state index contributed by atoms with van der Waals surface area (Å²) in [5.41, 5.74) is -1.15. The minimum absolute atomic E-state index is 0.0561. The Morgan fingerprint density at radius 1 is 1.32 bits per heavy atom. The molecule has 1 fully saturated rings. The number of anilines is 1. The summed E-state index contributed by atoms with van der Waals surface area (Å²) in [4.78, 5) is 8.77. The lowest BCUT2D eigenvalue weighted by Gasteiger charge is -2.32. The van der Waals surface area contributed by atoms with Crippen LogP contribution >= 0.6 is 0 Å². The summed E-state index contributed by atoms with van der Waals surface area (Å²) in [7, 11) is 0. The van der Waals surface area contributed by atoms with Crippen molar-refractivity contribution in [3.05, 3.63) is 17.6 Å². The molecule has 102 valence electrons. The average molecular weight is 274 g/mol. The van der Waals surface area contributed by atoms with Crippen LogP contribution in [0.3, 0.4) is 0 Å². The Bertz CT molecular complexity index is 502. The van der Waals surface area contributed by atoms with E-state index in [1.807, 2.05) is 0 Å². The van der Waals surface area contributed by atoms with E-state index < -0.39 is 23.7 Å². The molecule has 0 aromatic carbocycles. The molecule has 0 spiro atoms. The summed E-state index contributed by atoms with van der Waals surface area (Å²) >= 11 is 0. The van der Waals surface area contributed by atoms with Gasteiger partial charge in [0.15, 0.2) is 5.69 Å². The lowest BCUT2D eigenvalue weighted by atomic mass is 10.1. The Morgan fingerprint density at radius 3 is 2.47 bits per heavy atom. The molecular weight excluding hydrogens is 264 g/mol. The molecule has 0 atom stereocenters. The lowest BCUT2D eigenvalue weighted by Crippen LogP contribution is -2.39. The molecule has 8 heteroatoms. The van der Waals surface area contributed by atoms with Crippen molar-refractivity contribution >= 4 is 5.82 Å². The van der Waals surface area contributed by atoms with Gasteiger partial charge in [0.05, 0.1) is 6.20 Å². The largest absolute Gasteiger partial charge is 0.355 e. The molecule has 0 radical (unpaired) electrons. The van der Waals surface area contributed by atoms with Gasteiger partial charge >= 0.3 is 0 Å². The highest BCUT2D eigenvalue weighted by atomic mass is 19.3. The Kier molecular flexibility index (Phi) is 3.55. The van der Waals surface area contributed by atoms with E-state index in [1.165, 1.54) is 4.90 Å². The van der Waals surface area contributed by atoms with E-state index in [9.17, 15) is 17.6 Å². The predicted molar refractivity (Wildman–Crippen MR) is 58.1 cm³/mol. The molecule has 0 bridgehead atoms. The minimum atomic E-state index is -2.89. The fraction of sp³-hybridized carbons (Fsp3) is 0.545. The number of aromatic nitrogens is 2. The second-order valence-electron chi connectivity index (χ2n) is 4.22. The van der Waals surface area contributed by atoms with E-state index in [4.69, 9.17) is 5.26 Å². The van der Waals surface area contributed by atoms with Crippen LogP contribution in [0.25, 0.3) is 0 Å². The second kappa shape index (κ2) is 4.99. The lowest BCUT2D eigenvalue weighted by molar-refractivity contribution is -0.0221. The van der Waals surface area contributed by atoms with Gasteiger partial charge in [-0.3, -0.25) is 0 Å². The topological polar surface area (TPSA) is 52.8 Å². The van der Waals surface area contributed by atoms with E-state index in [0.29, 0.717) is 0 Å². The number of nitrogens with zero attached hydrogens (tertiary/aromatic N) is 4. The Morgan fingerprint density at radius 2 is 1.95 bits per heavy atom. The molecule has 1 saturated heterocycles. The van der Waals surface area contributed by atoms with Gasteiger partial charge in [-0.25, -0.2) is 27.5 Å². The van der Waals surface area contributed by atoms with Gasteiger partial charge in [-0.1, -0.05) is 0 Å². The number of hydrogen-bond acceptors (Lipinski definition) is 4. The molecule has 1 aromatic rings. The maximum Gasteiger partial charge on any atom is 0.283 e. The SMILES string of the molecule is N#Cc1nc(N2CCC(F)(F)CC2)cnc1C(F)F. The van der Waals surface area contributed by atoms with Crippen LogP contribution in [0.5, 0.6) is 0 Å². The first-order valence-corrected chi connectivity index (χ1v) is 5.61. The van der Waals surface area contributed by atoms with E-state index in [0.717, 1.165) is 6.20 Å². The van der Waals surface area contributed by atoms with Crippen molar-refractivity contribution in [3.8, 4) is 6.07 Å². The molecule has 19 heavy (non-hydrogen) atoms. The van der Waals surface area contributed by atoms with Gasteiger partial charge in [-0.2, -0.15) is 5.26 Å². The van der Waals surface area contributed by atoms with Crippen molar-refractivity contribution in [1.29, 1.82) is 5.26 Å². The summed E-state index contributed by atoms with van der Waals surface area (Å²) < 4.78 is 51.0. The van der Waals surface area contributed by atoms with E-state index in [2.05, 4.69) is 9.97 Å². The average Bonchev–Trinajstić information content (AvgIpc) is 2.37. The van der Waals surface area contributed by atoms with Gasteiger partial charge < -0.3 is 4.90 Å². The van der Waals surface area contributed by atoms with Crippen LogP contribution in [-0.4, -0.2) is 29.0 Å². The number of piperidine rings is 1. The normalized spacial score (nSPS) is 18.4. The van der Waals surface area contributed by atoms with Crippen molar-refractivity contribution < 1.29 is 17.6 Å². The summed E-state index contributed by atoms with van der Waals surface area (Å²) in [6.07, 6.45) is -2.45. The summed E-state index contributed by atoms with van der Waals surface area (Å²) in [5, 5.41) is 8.75. The zero-order valence-corrected chi connectivity index (χ0v) is 9.78. The van der Waals surface area contributed by atoms with Crippen LogP contribution < -0.4 is 4.90 Å². The molecule has 4 nitrogen and oxygen atoms in total. The summed E-state index contributed by atoms with van der Waals surface area (Å²) in [6, 6.07) is 1.54. The second-order valence-corrected chi connectivity index (χ2v) is 4.22.